The number of esters is 1. The number of nitrogens with one attached hydrogen (secondary N) is 2. The molecule has 3 rings (SSSR count). The topological polar surface area (TPSA) is 70.7 Å². The van der Waals surface area contributed by atoms with E-state index in [9.17, 15) is 14.0 Å². The Bertz CT molecular complexity index is 928. The van der Waals surface area contributed by atoms with Crippen LogP contribution in [-0.2, 0) is 9.53 Å². The summed E-state index contributed by atoms with van der Waals surface area (Å²) in [7, 11) is 1.90. The third-order valence-electron chi connectivity index (χ3n) is 5.01. The van der Waals surface area contributed by atoms with Gasteiger partial charge in [-0.15, -0.1) is 0 Å². The van der Waals surface area contributed by atoms with Crippen LogP contribution in [0.3, 0.4) is 0 Å². The molecule has 2 aromatic rings. The van der Waals surface area contributed by atoms with Crippen LogP contribution >= 0.6 is 0 Å². The fraction of sp³-hybridized carbons (Fsp3) is 0.304. The number of benzene rings is 2. The van der Waals surface area contributed by atoms with Crippen molar-refractivity contribution in [3.63, 3.8) is 0 Å². The van der Waals surface area contributed by atoms with E-state index in [0.717, 1.165) is 11.1 Å². The summed E-state index contributed by atoms with van der Waals surface area (Å²) in [6, 6.07) is 15.1. The van der Waals surface area contributed by atoms with Gasteiger partial charge in [-0.1, -0.05) is 42.5 Å². The third kappa shape index (κ3) is 4.86. The van der Waals surface area contributed by atoms with Gasteiger partial charge in [-0.25, -0.2) is 14.0 Å². The van der Waals surface area contributed by atoms with E-state index >= 15 is 0 Å². The van der Waals surface area contributed by atoms with E-state index in [-0.39, 0.29) is 24.5 Å². The van der Waals surface area contributed by atoms with Gasteiger partial charge in [-0.2, -0.15) is 0 Å². The van der Waals surface area contributed by atoms with Crippen LogP contribution < -0.4 is 10.6 Å². The highest BCUT2D eigenvalue weighted by atomic mass is 19.1. The van der Waals surface area contributed by atoms with Crippen molar-refractivity contribution in [3.05, 3.63) is 82.8 Å². The number of amides is 2. The largest absolute Gasteiger partial charge is 0.463 e. The average Bonchev–Trinajstić information content (AvgIpc) is 2.70. The van der Waals surface area contributed by atoms with Crippen molar-refractivity contribution in [1.82, 2.24) is 15.5 Å². The monoisotopic (exact) mass is 411 g/mol. The number of halogens is 1. The Morgan fingerprint density at radius 1 is 1.13 bits per heavy atom. The van der Waals surface area contributed by atoms with E-state index in [2.05, 4.69) is 10.6 Å². The lowest BCUT2D eigenvalue weighted by atomic mass is 9.96. The van der Waals surface area contributed by atoms with Crippen molar-refractivity contribution in [2.24, 2.45) is 0 Å². The fourth-order valence-corrected chi connectivity index (χ4v) is 3.73. The van der Waals surface area contributed by atoms with Gasteiger partial charge in [-0.05, 0) is 44.2 Å². The summed E-state index contributed by atoms with van der Waals surface area (Å²) in [5.41, 5.74) is 2.80. The number of hydrogen-bond acceptors (Lipinski definition) is 4. The first kappa shape index (κ1) is 21.5. The number of rotatable bonds is 7. The SMILES string of the molecule is CCOC(=O)C1=C(CN(C)[C@@H](c2ccccc2)c2ccc(F)cc2)NC(=O)N[C@@H]1C. The zero-order valence-corrected chi connectivity index (χ0v) is 17.3. The molecule has 0 fully saturated rings. The van der Waals surface area contributed by atoms with E-state index in [1.807, 2.05) is 42.3 Å². The number of nitrogens with zero attached hydrogens (tertiary/aromatic N) is 1. The summed E-state index contributed by atoms with van der Waals surface area (Å²) in [5, 5.41) is 5.46. The molecule has 0 radical (unpaired) electrons. The number of urea groups is 1. The summed E-state index contributed by atoms with van der Waals surface area (Å²) >= 11 is 0. The van der Waals surface area contributed by atoms with Crippen LogP contribution in [0, 0.1) is 5.82 Å². The molecule has 0 saturated carbocycles. The van der Waals surface area contributed by atoms with Crippen molar-refractivity contribution in [1.29, 1.82) is 0 Å². The predicted molar refractivity (Wildman–Crippen MR) is 112 cm³/mol. The molecule has 0 unspecified atom stereocenters. The van der Waals surface area contributed by atoms with Gasteiger partial charge in [0.05, 0.1) is 24.3 Å². The van der Waals surface area contributed by atoms with Crippen LogP contribution in [0.5, 0.6) is 0 Å². The van der Waals surface area contributed by atoms with E-state index < -0.39 is 12.0 Å². The molecule has 158 valence electrons. The fourth-order valence-electron chi connectivity index (χ4n) is 3.73. The van der Waals surface area contributed by atoms with Crippen molar-refractivity contribution < 1.29 is 18.7 Å². The molecular formula is C23H26FN3O3. The minimum Gasteiger partial charge on any atom is -0.463 e. The Morgan fingerprint density at radius 3 is 2.40 bits per heavy atom. The number of hydrogen-bond donors (Lipinski definition) is 2. The molecule has 0 bridgehead atoms. The van der Waals surface area contributed by atoms with Crippen molar-refractivity contribution in [2.75, 3.05) is 20.2 Å². The second-order valence-corrected chi connectivity index (χ2v) is 7.21. The highest BCUT2D eigenvalue weighted by molar-refractivity contribution is 5.94. The van der Waals surface area contributed by atoms with Crippen LogP contribution in [0.25, 0.3) is 0 Å². The van der Waals surface area contributed by atoms with Gasteiger partial charge in [0.15, 0.2) is 0 Å². The summed E-state index contributed by atoms with van der Waals surface area (Å²) in [4.78, 5) is 26.6. The first-order chi connectivity index (χ1) is 14.4. The third-order valence-corrected chi connectivity index (χ3v) is 5.01. The Hall–Kier alpha value is -3.19. The second kappa shape index (κ2) is 9.54. The molecule has 1 aliphatic heterocycles. The molecule has 0 saturated heterocycles. The minimum absolute atomic E-state index is 0.204. The molecule has 1 aliphatic rings. The van der Waals surface area contributed by atoms with Crippen molar-refractivity contribution in [2.45, 2.75) is 25.9 Å². The summed E-state index contributed by atoms with van der Waals surface area (Å²) in [5.74, 6) is -0.765. The lowest BCUT2D eigenvalue weighted by molar-refractivity contribution is -0.139. The molecule has 0 spiro atoms. The molecule has 0 aromatic heterocycles. The number of carbonyl (C=O) groups is 2. The first-order valence-corrected chi connectivity index (χ1v) is 9.89. The first-order valence-electron chi connectivity index (χ1n) is 9.89. The standard InChI is InChI=1S/C23H26FN3O3/c1-4-30-22(28)20-15(2)25-23(29)26-19(20)14-27(3)21(16-8-6-5-7-9-16)17-10-12-18(24)13-11-17/h5-13,15,21H,4,14H2,1-3H3,(H2,25,26,29)/t15-,21+/m1/s1. The van der Waals surface area contributed by atoms with Crippen LogP contribution in [0.15, 0.2) is 65.9 Å². The molecule has 1 heterocycles. The lowest BCUT2D eigenvalue weighted by Crippen LogP contribution is -2.51. The molecule has 7 heteroatoms. The van der Waals surface area contributed by atoms with Gasteiger partial charge in [-0.3, -0.25) is 4.90 Å². The normalized spacial score (nSPS) is 17.4. The molecule has 2 N–H and O–H groups in total. The lowest BCUT2D eigenvalue weighted by Gasteiger charge is -2.33. The quantitative estimate of drug-likeness (QED) is 0.686. The van der Waals surface area contributed by atoms with Gasteiger partial charge < -0.3 is 15.4 Å². The van der Waals surface area contributed by atoms with Crippen molar-refractivity contribution in [3.8, 4) is 0 Å². The van der Waals surface area contributed by atoms with E-state index in [1.54, 1.807) is 26.0 Å². The number of carbonyl (C=O) groups excluding carboxylic acids is 2. The van der Waals surface area contributed by atoms with Crippen molar-refractivity contribution >= 4 is 12.0 Å². The summed E-state index contributed by atoms with van der Waals surface area (Å²) < 4.78 is 18.7. The molecule has 0 aliphatic carbocycles. The molecule has 6 nitrogen and oxygen atoms in total. The zero-order valence-electron chi connectivity index (χ0n) is 17.3. The maximum absolute atomic E-state index is 13.5. The number of ether oxygens (including phenoxy) is 1. The molecule has 2 atom stereocenters. The smallest absolute Gasteiger partial charge is 0.337 e. The Kier molecular flexibility index (Phi) is 6.84. The molecular weight excluding hydrogens is 385 g/mol. The predicted octanol–water partition coefficient (Wildman–Crippen LogP) is 3.37. The Labute approximate surface area is 175 Å². The van der Waals surface area contributed by atoms with E-state index in [1.165, 1.54) is 12.1 Å². The van der Waals surface area contributed by atoms with Crippen LogP contribution in [-0.4, -0.2) is 43.1 Å². The summed E-state index contributed by atoms with van der Waals surface area (Å²) in [6.45, 7) is 4.03. The van der Waals surface area contributed by atoms with Gasteiger partial charge in [0.2, 0.25) is 0 Å². The van der Waals surface area contributed by atoms with Gasteiger partial charge in [0, 0.05) is 12.2 Å². The number of likely N-dealkylation sites (N-methyl/N-ethyl adjacent to an activating group) is 1. The van der Waals surface area contributed by atoms with Gasteiger partial charge >= 0.3 is 12.0 Å². The van der Waals surface area contributed by atoms with Gasteiger partial charge in [0.25, 0.3) is 0 Å². The Morgan fingerprint density at radius 2 is 1.77 bits per heavy atom. The maximum atomic E-state index is 13.5. The Balaban J connectivity index is 1.98. The highest BCUT2D eigenvalue weighted by Gasteiger charge is 2.31. The zero-order chi connectivity index (χ0) is 21.7. The highest BCUT2D eigenvalue weighted by Crippen LogP contribution is 2.29. The molecule has 2 aromatic carbocycles. The van der Waals surface area contributed by atoms with E-state index in [4.69, 9.17) is 4.74 Å². The molecule has 30 heavy (non-hydrogen) atoms. The van der Waals surface area contributed by atoms with Crippen LogP contribution in [0.2, 0.25) is 0 Å². The van der Waals surface area contributed by atoms with Gasteiger partial charge in [0.1, 0.15) is 5.82 Å². The van der Waals surface area contributed by atoms with E-state index in [0.29, 0.717) is 17.8 Å². The molecule has 2 amide bonds. The average molecular weight is 411 g/mol. The second-order valence-electron chi connectivity index (χ2n) is 7.21. The maximum Gasteiger partial charge on any atom is 0.337 e. The van der Waals surface area contributed by atoms with Crippen LogP contribution in [0.1, 0.15) is 31.0 Å². The minimum atomic E-state index is -0.470. The van der Waals surface area contributed by atoms with Crippen LogP contribution in [0.4, 0.5) is 9.18 Å². The summed E-state index contributed by atoms with van der Waals surface area (Å²) in [6.07, 6.45) is 0.